The fraction of sp³-hybridized carbons (Fsp3) is 0.368. The van der Waals surface area contributed by atoms with Crippen molar-refractivity contribution in [1.29, 1.82) is 0 Å². The molecule has 0 spiro atoms. The van der Waals surface area contributed by atoms with Crippen LogP contribution in [0.15, 0.2) is 36.4 Å². The van der Waals surface area contributed by atoms with Crippen molar-refractivity contribution < 1.29 is 19.0 Å². The predicted octanol–water partition coefficient (Wildman–Crippen LogP) is 3.61. The third-order valence-corrected chi connectivity index (χ3v) is 4.80. The van der Waals surface area contributed by atoms with E-state index in [-0.39, 0.29) is 23.3 Å². The highest BCUT2D eigenvalue weighted by Gasteiger charge is 2.17. The Morgan fingerprint density at radius 2 is 1.19 bits per heavy atom. The number of aliphatic hydroxyl groups excluding tert-OH is 2. The van der Waals surface area contributed by atoms with E-state index >= 15 is 0 Å². The molecule has 2 aromatic rings. The minimum atomic E-state index is -0.581. The van der Waals surface area contributed by atoms with Gasteiger partial charge in [-0.3, -0.25) is 0 Å². The Labute approximate surface area is 167 Å². The second-order valence-electron chi connectivity index (χ2n) is 6.02. The summed E-state index contributed by atoms with van der Waals surface area (Å²) in [6.45, 7) is 0.385. The smallest absolute Gasteiger partial charge is 0.146 e. The molecule has 0 amide bonds. The minimum Gasteiger partial charge on any atom is -0.394 e. The van der Waals surface area contributed by atoms with Gasteiger partial charge in [-0.15, -0.1) is 0 Å². The fourth-order valence-electron chi connectivity index (χ4n) is 2.77. The Kier molecular flexibility index (Phi) is 8.89. The number of aliphatic hydroxyl groups is 2. The summed E-state index contributed by atoms with van der Waals surface area (Å²) in [4.78, 5) is 0. The lowest BCUT2D eigenvalue weighted by molar-refractivity contribution is 0.235. The Bertz CT molecular complexity index is 688. The zero-order chi connectivity index (χ0) is 19.8. The van der Waals surface area contributed by atoms with Gasteiger partial charge in [0.15, 0.2) is 0 Å². The summed E-state index contributed by atoms with van der Waals surface area (Å²) in [6, 6.07) is 8.11. The molecular weight excluding hydrogens is 397 g/mol. The lowest BCUT2D eigenvalue weighted by Crippen LogP contribution is -2.31. The fourth-order valence-corrected chi connectivity index (χ4v) is 3.13. The van der Waals surface area contributed by atoms with Crippen molar-refractivity contribution in [2.75, 3.05) is 26.3 Å². The highest BCUT2D eigenvalue weighted by molar-refractivity contribution is 6.31. The summed E-state index contributed by atoms with van der Waals surface area (Å²) in [5, 5.41) is 25.1. The number of hydrogen-bond acceptors (Lipinski definition) is 4. The first-order chi connectivity index (χ1) is 13.0. The van der Waals surface area contributed by atoms with E-state index in [1.54, 1.807) is 24.3 Å². The van der Waals surface area contributed by atoms with Gasteiger partial charge in [0, 0.05) is 11.1 Å². The molecule has 2 unspecified atom stereocenters. The summed E-state index contributed by atoms with van der Waals surface area (Å²) in [7, 11) is 0. The average molecular weight is 419 g/mol. The molecule has 0 saturated heterocycles. The van der Waals surface area contributed by atoms with Crippen LogP contribution in [0, 0.1) is 11.6 Å². The molecule has 0 radical (unpaired) electrons. The molecule has 4 nitrogen and oxygen atoms in total. The largest absolute Gasteiger partial charge is 0.394 e. The van der Waals surface area contributed by atoms with Crippen LogP contribution in [0.3, 0.4) is 0 Å². The zero-order valence-electron chi connectivity index (χ0n) is 14.6. The molecule has 0 aliphatic carbocycles. The van der Waals surface area contributed by atoms with Crippen LogP contribution >= 0.6 is 23.2 Å². The molecule has 0 aliphatic rings. The number of benzene rings is 2. The molecular formula is C19H22Cl2F2N2O2. The molecule has 2 aromatic carbocycles. The number of halogens is 4. The summed E-state index contributed by atoms with van der Waals surface area (Å²) < 4.78 is 28.1. The standard InChI is InChI=1S/C19H22Cl2F2N2O2/c20-14-6-1-4-12(18(14)22)16(10-26)24-8-3-9-25-17(11-27)13-5-2-7-15(21)19(13)23/h1-2,4-7,16-17,24-27H,3,8-11H2. The number of nitrogens with one attached hydrogen (secondary N) is 2. The summed E-state index contributed by atoms with van der Waals surface area (Å²) >= 11 is 11.5. The first-order valence-electron chi connectivity index (χ1n) is 8.55. The van der Waals surface area contributed by atoms with Gasteiger partial charge in [-0.1, -0.05) is 47.5 Å². The SMILES string of the molecule is OCC(NCCCNC(CO)c1cccc(Cl)c1F)c1cccc(Cl)c1F. The maximum absolute atomic E-state index is 14.1. The van der Waals surface area contributed by atoms with Gasteiger partial charge in [0.2, 0.25) is 0 Å². The van der Waals surface area contributed by atoms with Crippen LogP contribution in [0.25, 0.3) is 0 Å². The minimum absolute atomic E-state index is 0.00347. The predicted molar refractivity (Wildman–Crippen MR) is 103 cm³/mol. The van der Waals surface area contributed by atoms with Crippen LogP contribution in [-0.4, -0.2) is 36.5 Å². The first kappa shape index (κ1) is 22.0. The van der Waals surface area contributed by atoms with E-state index in [4.69, 9.17) is 23.2 Å². The molecule has 27 heavy (non-hydrogen) atoms. The van der Waals surface area contributed by atoms with E-state index < -0.39 is 23.7 Å². The molecule has 0 aromatic heterocycles. The molecule has 8 heteroatoms. The Morgan fingerprint density at radius 3 is 1.56 bits per heavy atom. The molecule has 2 atom stereocenters. The van der Waals surface area contributed by atoms with Crippen LogP contribution in [0.1, 0.15) is 29.6 Å². The second-order valence-corrected chi connectivity index (χ2v) is 6.83. The van der Waals surface area contributed by atoms with Crippen LogP contribution in [-0.2, 0) is 0 Å². The molecule has 2 rings (SSSR count). The number of hydrogen-bond donors (Lipinski definition) is 4. The highest BCUT2D eigenvalue weighted by atomic mass is 35.5. The first-order valence-corrected chi connectivity index (χ1v) is 9.31. The maximum atomic E-state index is 14.1. The van der Waals surface area contributed by atoms with Gasteiger partial charge < -0.3 is 20.8 Å². The zero-order valence-corrected chi connectivity index (χ0v) is 16.1. The molecule has 0 fully saturated rings. The number of rotatable bonds is 10. The lowest BCUT2D eigenvalue weighted by atomic mass is 10.1. The van der Waals surface area contributed by atoms with Crippen molar-refractivity contribution in [2.24, 2.45) is 0 Å². The molecule has 4 N–H and O–H groups in total. The van der Waals surface area contributed by atoms with Crippen LogP contribution in [0.4, 0.5) is 8.78 Å². The van der Waals surface area contributed by atoms with Gasteiger partial charge >= 0.3 is 0 Å². The summed E-state index contributed by atoms with van der Waals surface area (Å²) in [6.07, 6.45) is 0.609. The van der Waals surface area contributed by atoms with E-state index in [2.05, 4.69) is 10.6 Å². The molecule has 148 valence electrons. The van der Waals surface area contributed by atoms with Crippen molar-refractivity contribution in [2.45, 2.75) is 18.5 Å². The topological polar surface area (TPSA) is 64.5 Å². The highest BCUT2D eigenvalue weighted by Crippen LogP contribution is 2.24. The van der Waals surface area contributed by atoms with E-state index in [1.165, 1.54) is 12.1 Å². The van der Waals surface area contributed by atoms with Crippen LogP contribution < -0.4 is 10.6 Å². The average Bonchev–Trinajstić information content (AvgIpc) is 2.67. The van der Waals surface area contributed by atoms with Gasteiger partial charge in [-0.25, -0.2) is 8.78 Å². The molecule has 0 aliphatic heterocycles. The quantitative estimate of drug-likeness (QED) is 0.445. The van der Waals surface area contributed by atoms with Crippen molar-refractivity contribution in [3.63, 3.8) is 0 Å². The van der Waals surface area contributed by atoms with E-state index in [9.17, 15) is 19.0 Å². The van der Waals surface area contributed by atoms with Crippen molar-refractivity contribution in [3.05, 3.63) is 69.2 Å². The van der Waals surface area contributed by atoms with Gasteiger partial charge in [0.05, 0.1) is 35.3 Å². The molecule has 0 saturated carbocycles. The van der Waals surface area contributed by atoms with Crippen LogP contribution in [0.2, 0.25) is 10.0 Å². The lowest BCUT2D eigenvalue weighted by Gasteiger charge is -2.20. The summed E-state index contributed by atoms with van der Waals surface area (Å²) in [5.41, 5.74) is 0.597. The Hall–Kier alpha value is -1.28. The normalized spacial score (nSPS) is 13.6. The Balaban J connectivity index is 1.85. The molecule has 0 heterocycles. The van der Waals surface area contributed by atoms with Crippen molar-refractivity contribution >= 4 is 23.2 Å². The third-order valence-electron chi connectivity index (χ3n) is 4.21. The van der Waals surface area contributed by atoms with E-state index in [0.717, 1.165) is 0 Å². The van der Waals surface area contributed by atoms with Crippen LogP contribution in [0.5, 0.6) is 0 Å². The Morgan fingerprint density at radius 1 is 0.778 bits per heavy atom. The third kappa shape index (κ3) is 5.85. The van der Waals surface area contributed by atoms with Gasteiger partial charge in [-0.2, -0.15) is 0 Å². The van der Waals surface area contributed by atoms with Gasteiger partial charge in [0.25, 0.3) is 0 Å². The van der Waals surface area contributed by atoms with E-state index in [1.807, 2.05) is 0 Å². The van der Waals surface area contributed by atoms with Gasteiger partial charge in [0.1, 0.15) is 11.6 Å². The maximum Gasteiger partial charge on any atom is 0.146 e. The van der Waals surface area contributed by atoms with E-state index in [0.29, 0.717) is 30.6 Å². The van der Waals surface area contributed by atoms with Crippen molar-refractivity contribution in [1.82, 2.24) is 10.6 Å². The monoisotopic (exact) mass is 418 g/mol. The summed E-state index contributed by atoms with van der Waals surface area (Å²) in [5.74, 6) is -1.11. The van der Waals surface area contributed by atoms with Crippen molar-refractivity contribution in [3.8, 4) is 0 Å². The van der Waals surface area contributed by atoms with Gasteiger partial charge in [-0.05, 0) is 31.6 Å². The second kappa shape index (κ2) is 10.9. The molecule has 0 bridgehead atoms.